The molecule has 0 spiro atoms. The number of hydrogen-bond acceptors (Lipinski definition) is 3. The Balaban J connectivity index is 2.15. The Labute approximate surface area is 143 Å². The summed E-state index contributed by atoms with van der Waals surface area (Å²) < 4.78 is -1.72. The molecule has 2 aromatic rings. The van der Waals surface area contributed by atoms with E-state index < -0.39 is 9.96 Å². The van der Waals surface area contributed by atoms with E-state index >= 15 is 0 Å². The van der Waals surface area contributed by atoms with Gasteiger partial charge >= 0.3 is 0 Å². The van der Waals surface area contributed by atoms with E-state index in [-0.39, 0.29) is 5.91 Å². The van der Waals surface area contributed by atoms with Crippen molar-refractivity contribution in [3.63, 3.8) is 0 Å². The highest BCUT2D eigenvalue weighted by atomic mass is 35.6. The van der Waals surface area contributed by atoms with Crippen molar-refractivity contribution in [3.05, 3.63) is 59.9 Å². The number of alkyl halides is 3. The van der Waals surface area contributed by atoms with Gasteiger partial charge in [0.25, 0.3) is 5.91 Å². The summed E-state index contributed by atoms with van der Waals surface area (Å²) in [7, 11) is 0. The van der Waals surface area contributed by atoms with E-state index in [1.54, 1.807) is 18.3 Å². The number of aryl methyl sites for hydroxylation is 1. The number of hydrogen-bond donors (Lipinski definition) is 2. The maximum absolute atomic E-state index is 12.2. The number of carbonyl (C=O) groups is 1. The van der Waals surface area contributed by atoms with Crippen LogP contribution in [-0.2, 0) is 0 Å². The predicted octanol–water partition coefficient (Wildman–Crippen LogP) is 3.93. The third-order valence-corrected chi connectivity index (χ3v) is 3.51. The lowest BCUT2D eigenvalue weighted by Gasteiger charge is -2.27. The molecule has 0 aliphatic heterocycles. The zero-order chi connectivity index (χ0) is 16.2. The summed E-state index contributed by atoms with van der Waals surface area (Å²) in [6.07, 6.45) is 2.12. The minimum atomic E-state index is -1.72. The van der Waals surface area contributed by atoms with Crippen molar-refractivity contribution in [2.24, 2.45) is 0 Å². The Morgan fingerprint density at radius 3 is 2.59 bits per heavy atom. The molecule has 0 fully saturated rings. The van der Waals surface area contributed by atoms with E-state index in [0.29, 0.717) is 5.56 Å². The highest BCUT2D eigenvalue weighted by Gasteiger charge is 2.34. The molecule has 0 saturated carbocycles. The number of pyridine rings is 1. The largest absolute Gasteiger partial charge is 0.362 e. The fraction of sp³-hybridized carbons (Fsp3) is 0.200. The molecule has 0 unspecified atom stereocenters. The first kappa shape index (κ1) is 16.9. The van der Waals surface area contributed by atoms with Gasteiger partial charge in [0.05, 0.1) is 5.56 Å². The second-order valence-electron chi connectivity index (χ2n) is 4.70. The molecule has 4 nitrogen and oxygen atoms in total. The molecule has 116 valence electrons. The summed E-state index contributed by atoms with van der Waals surface area (Å²) in [4.78, 5) is 16.1. The van der Waals surface area contributed by atoms with Crippen molar-refractivity contribution < 1.29 is 4.79 Å². The molecule has 0 saturated heterocycles. The van der Waals surface area contributed by atoms with Gasteiger partial charge in [0.2, 0.25) is 3.79 Å². The van der Waals surface area contributed by atoms with Crippen LogP contribution in [0.3, 0.4) is 0 Å². The van der Waals surface area contributed by atoms with Crippen molar-refractivity contribution >= 4 is 46.4 Å². The molecule has 1 atom stereocenters. The molecular formula is C15H14Cl3N3O. The predicted molar refractivity (Wildman–Crippen MR) is 90.6 cm³/mol. The lowest BCUT2D eigenvalue weighted by molar-refractivity contribution is 0.0941. The van der Waals surface area contributed by atoms with E-state index in [9.17, 15) is 4.79 Å². The zero-order valence-corrected chi connectivity index (χ0v) is 14.0. The smallest absolute Gasteiger partial charge is 0.254 e. The topological polar surface area (TPSA) is 54.0 Å². The van der Waals surface area contributed by atoms with E-state index in [1.165, 1.54) is 6.20 Å². The van der Waals surface area contributed by atoms with Gasteiger partial charge in [0, 0.05) is 18.1 Å². The van der Waals surface area contributed by atoms with E-state index in [0.717, 1.165) is 11.3 Å². The lowest BCUT2D eigenvalue weighted by Crippen LogP contribution is -2.49. The maximum atomic E-state index is 12.2. The van der Waals surface area contributed by atoms with Gasteiger partial charge in [0.15, 0.2) is 0 Å². The molecule has 0 aliphatic rings. The van der Waals surface area contributed by atoms with E-state index in [2.05, 4.69) is 15.6 Å². The number of benzene rings is 1. The van der Waals surface area contributed by atoms with Gasteiger partial charge in [-0.3, -0.25) is 9.78 Å². The number of carbonyl (C=O) groups excluding carboxylic acids is 1. The molecule has 2 N–H and O–H groups in total. The van der Waals surface area contributed by atoms with Gasteiger partial charge in [-0.2, -0.15) is 0 Å². The fourth-order valence-corrected chi connectivity index (χ4v) is 2.14. The quantitative estimate of drug-likeness (QED) is 0.643. The maximum Gasteiger partial charge on any atom is 0.254 e. The minimum Gasteiger partial charge on any atom is -0.362 e. The van der Waals surface area contributed by atoms with Gasteiger partial charge in [-0.15, -0.1) is 0 Å². The lowest BCUT2D eigenvalue weighted by atomic mass is 10.2. The highest BCUT2D eigenvalue weighted by Crippen LogP contribution is 2.31. The Kier molecular flexibility index (Phi) is 5.51. The second kappa shape index (κ2) is 7.18. The summed E-state index contributed by atoms with van der Waals surface area (Å²) >= 11 is 17.9. The Morgan fingerprint density at radius 2 is 2.00 bits per heavy atom. The molecule has 22 heavy (non-hydrogen) atoms. The van der Waals surface area contributed by atoms with Crippen LogP contribution < -0.4 is 10.6 Å². The van der Waals surface area contributed by atoms with Crippen LogP contribution in [0.15, 0.2) is 48.8 Å². The first-order valence-electron chi connectivity index (χ1n) is 6.47. The first-order chi connectivity index (χ1) is 10.4. The molecule has 1 heterocycles. The summed E-state index contributed by atoms with van der Waals surface area (Å²) in [5.41, 5.74) is 2.17. The minimum absolute atomic E-state index is 0.382. The molecule has 0 bridgehead atoms. The van der Waals surface area contributed by atoms with Crippen molar-refractivity contribution in [3.8, 4) is 0 Å². The number of nitrogens with one attached hydrogen (secondary N) is 2. The molecule has 0 radical (unpaired) electrons. The van der Waals surface area contributed by atoms with E-state index in [4.69, 9.17) is 34.8 Å². The summed E-state index contributed by atoms with van der Waals surface area (Å²) in [5, 5.41) is 5.67. The van der Waals surface area contributed by atoms with E-state index in [1.807, 2.05) is 31.2 Å². The second-order valence-corrected chi connectivity index (χ2v) is 7.07. The van der Waals surface area contributed by atoms with Crippen LogP contribution in [0.1, 0.15) is 15.9 Å². The average molecular weight is 359 g/mol. The zero-order valence-electron chi connectivity index (χ0n) is 11.7. The third-order valence-electron chi connectivity index (χ3n) is 2.86. The van der Waals surface area contributed by atoms with Crippen LogP contribution in [0.2, 0.25) is 0 Å². The molecule has 1 amide bonds. The van der Waals surface area contributed by atoms with Crippen molar-refractivity contribution in [2.75, 3.05) is 5.32 Å². The van der Waals surface area contributed by atoms with Crippen molar-refractivity contribution in [1.29, 1.82) is 0 Å². The number of rotatable bonds is 4. The fourth-order valence-electron chi connectivity index (χ4n) is 1.81. The summed E-state index contributed by atoms with van der Waals surface area (Å²) in [6.45, 7) is 1.95. The Morgan fingerprint density at radius 1 is 1.23 bits per heavy atom. The molecule has 7 heteroatoms. The van der Waals surface area contributed by atoms with Crippen LogP contribution in [0.5, 0.6) is 0 Å². The average Bonchev–Trinajstić information content (AvgIpc) is 2.46. The third kappa shape index (κ3) is 4.77. The van der Waals surface area contributed by atoms with Gasteiger partial charge in [-0.25, -0.2) is 0 Å². The number of nitrogens with zero attached hydrogens (tertiary/aromatic N) is 1. The summed E-state index contributed by atoms with van der Waals surface area (Å²) in [6, 6.07) is 10.8. The van der Waals surface area contributed by atoms with Crippen LogP contribution in [0.4, 0.5) is 5.69 Å². The Hall–Kier alpha value is -1.49. The Bertz CT molecular complexity index is 644. The van der Waals surface area contributed by atoms with Crippen molar-refractivity contribution in [1.82, 2.24) is 10.3 Å². The highest BCUT2D eigenvalue weighted by molar-refractivity contribution is 6.68. The number of anilines is 1. The summed E-state index contributed by atoms with van der Waals surface area (Å²) in [5.74, 6) is -0.385. The standard InChI is InChI=1S/C15H14Cl3N3O/c1-10-4-2-6-12(8-10)20-14(15(16,17)18)21-13(22)11-5-3-7-19-9-11/h2-9,14,20H,1H3,(H,21,22)/t14-/m0/s1. The molecule has 0 aliphatic carbocycles. The monoisotopic (exact) mass is 357 g/mol. The number of halogens is 3. The molecule has 1 aromatic heterocycles. The van der Waals surface area contributed by atoms with Gasteiger partial charge in [-0.05, 0) is 36.8 Å². The number of aromatic nitrogens is 1. The van der Waals surface area contributed by atoms with Crippen molar-refractivity contribution in [2.45, 2.75) is 16.9 Å². The molecule has 2 rings (SSSR count). The molecule has 1 aromatic carbocycles. The van der Waals surface area contributed by atoms with Gasteiger partial charge in [-0.1, -0.05) is 46.9 Å². The number of amides is 1. The van der Waals surface area contributed by atoms with Crippen LogP contribution in [0.25, 0.3) is 0 Å². The SMILES string of the molecule is Cc1cccc(N[C@@H](NC(=O)c2cccnc2)C(Cl)(Cl)Cl)c1. The van der Waals surface area contributed by atoms with Gasteiger partial charge in [0.1, 0.15) is 6.17 Å². The normalized spacial score (nSPS) is 12.5. The molecular weight excluding hydrogens is 345 g/mol. The first-order valence-corrected chi connectivity index (χ1v) is 7.60. The van der Waals surface area contributed by atoms with Crippen LogP contribution in [-0.4, -0.2) is 20.8 Å². The van der Waals surface area contributed by atoms with Crippen LogP contribution >= 0.6 is 34.8 Å². The van der Waals surface area contributed by atoms with Gasteiger partial charge < -0.3 is 10.6 Å². The van der Waals surface area contributed by atoms with Crippen LogP contribution in [0, 0.1) is 6.92 Å².